The molecule has 4 rings (SSSR count). The molecule has 1 N–H and O–H groups in total. The van der Waals surface area contributed by atoms with E-state index < -0.39 is 10.2 Å². The minimum Gasteiger partial charge on any atom is -0.467 e. The SMILES string of the molecule is Cc1cc([N+](=O)[O-])ccc1NC(=O)[C@@H](C)Sc1nnc(-c2ccncc2)n1Cc1ccco1. The van der Waals surface area contributed by atoms with Crippen molar-refractivity contribution in [2.45, 2.75) is 30.8 Å². The molecule has 3 heterocycles. The molecule has 1 atom stereocenters. The molecule has 1 amide bonds. The van der Waals surface area contributed by atoms with E-state index in [2.05, 4.69) is 20.5 Å². The Morgan fingerprint density at radius 1 is 1.24 bits per heavy atom. The van der Waals surface area contributed by atoms with Gasteiger partial charge in [0.2, 0.25) is 5.91 Å². The third-order valence-corrected chi connectivity index (χ3v) is 5.96. The van der Waals surface area contributed by atoms with Crippen LogP contribution in [-0.2, 0) is 11.3 Å². The quantitative estimate of drug-likeness (QED) is 0.232. The number of carbonyl (C=O) groups is 1. The van der Waals surface area contributed by atoms with Gasteiger partial charge in [-0.25, -0.2) is 0 Å². The average molecular weight is 465 g/mol. The number of nitrogens with zero attached hydrogens (tertiary/aromatic N) is 5. The predicted molar refractivity (Wildman–Crippen MR) is 123 cm³/mol. The molecule has 33 heavy (non-hydrogen) atoms. The van der Waals surface area contributed by atoms with E-state index >= 15 is 0 Å². The molecule has 0 aliphatic rings. The number of aromatic nitrogens is 4. The normalized spacial score (nSPS) is 11.8. The number of thioether (sulfide) groups is 1. The summed E-state index contributed by atoms with van der Waals surface area (Å²) in [5, 5.41) is 22.5. The van der Waals surface area contributed by atoms with Crippen LogP contribution in [0.15, 0.2) is 70.7 Å². The molecular formula is C22H20N6O4S. The first-order chi connectivity index (χ1) is 15.9. The summed E-state index contributed by atoms with van der Waals surface area (Å²) in [4.78, 5) is 27.4. The molecule has 0 spiro atoms. The zero-order valence-electron chi connectivity index (χ0n) is 17.8. The predicted octanol–water partition coefficient (Wildman–Crippen LogP) is 4.32. The molecule has 4 aromatic rings. The van der Waals surface area contributed by atoms with E-state index in [-0.39, 0.29) is 11.6 Å². The van der Waals surface area contributed by atoms with E-state index in [0.717, 1.165) is 11.3 Å². The van der Waals surface area contributed by atoms with E-state index in [1.54, 1.807) is 38.6 Å². The minimum absolute atomic E-state index is 0.0254. The Balaban J connectivity index is 1.55. The van der Waals surface area contributed by atoms with Crippen molar-refractivity contribution in [1.29, 1.82) is 0 Å². The van der Waals surface area contributed by atoms with Gasteiger partial charge in [0.15, 0.2) is 11.0 Å². The Morgan fingerprint density at radius 3 is 2.70 bits per heavy atom. The summed E-state index contributed by atoms with van der Waals surface area (Å²) in [7, 11) is 0. The highest BCUT2D eigenvalue weighted by molar-refractivity contribution is 8.00. The van der Waals surface area contributed by atoms with Crippen LogP contribution in [0.25, 0.3) is 11.4 Å². The summed E-state index contributed by atoms with van der Waals surface area (Å²) in [6.45, 7) is 3.87. The fraction of sp³-hybridized carbons (Fsp3) is 0.182. The molecule has 3 aromatic heterocycles. The average Bonchev–Trinajstić information content (AvgIpc) is 3.46. The van der Waals surface area contributed by atoms with E-state index in [0.29, 0.717) is 28.8 Å². The molecule has 0 aliphatic heterocycles. The lowest BCUT2D eigenvalue weighted by Gasteiger charge is -2.14. The van der Waals surface area contributed by atoms with Gasteiger partial charge in [-0.05, 0) is 49.7 Å². The van der Waals surface area contributed by atoms with Crippen molar-refractivity contribution in [3.05, 3.63) is 82.6 Å². The molecule has 11 heteroatoms. The van der Waals surface area contributed by atoms with Gasteiger partial charge in [0.1, 0.15) is 5.76 Å². The van der Waals surface area contributed by atoms with Gasteiger partial charge in [-0.1, -0.05) is 11.8 Å². The largest absolute Gasteiger partial charge is 0.467 e. The summed E-state index contributed by atoms with van der Waals surface area (Å²) in [6, 6.07) is 11.7. The summed E-state index contributed by atoms with van der Waals surface area (Å²) >= 11 is 1.26. The van der Waals surface area contributed by atoms with Gasteiger partial charge >= 0.3 is 0 Å². The lowest BCUT2D eigenvalue weighted by molar-refractivity contribution is -0.384. The molecule has 0 saturated heterocycles. The Labute approximate surface area is 193 Å². The highest BCUT2D eigenvalue weighted by Gasteiger charge is 2.22. The van der Waals surface area contributed by atoms with Gasteiger partial charge in [0.05, 0.1) is 23.0 Å². The third-order valence-electron chi connectivity index (χ3n) is 4.88. The molecule has 0 bridgehead atoms. The van der Waals surface area contributed by atoms with E-state index in [1.165, 1.54) is 30.0 Å². The number of rotatable bonds is 8. The smallest absolute Gasteiger partial charge is 0.269 e. The first kappa shape index (κ1) is 22.2. The van der Waals surface area contributed by atoms with Gasteiger partial charge in [-0.3, -0.25) is 24.5 Å². The lowest BCUT2D eigenvalue weighted by Crippen LogP contribution is -2.23. The van der Waals surface area contributed by atoms with Gasteiger partial charge in [-0.15, -0.1) is 10.2 Å². The number of nitro groups is 1. The van der Waals surface area contributed by atoms with Crippen LogP contribution in [0.4, 0.5) is 11.4 Å². The van der Waals surface area contributed by atoms with Gasteiger partial charge in [-0.2, -0.15) is 0 Å². The zero-order chi connectivity index (χ0) is 23.4. The molecule has 0 radical (unpaired) electrons. The monoisotopic (exact) mass is 464 g/mol. The maximum absolute atomic E-state index is 12.8. The Hall–Kier alpha value is -3.99. The number of carbonyl (C=O) groups excluding carboxylic acids is 1. The van der Waals surface area contributed by atoms with E-state index in [1.807, 2.05) is 22.8 Å². The number of anilines is 1. The minimum atomic E-state index is -0.510. The molecule has 0 unspecified atom stereocenters. The number of furan rings is 1. The van der Waals surface area contributed by atoms with Crippen molar-refractivity contribution in [3.8, 4) is 11.4 Å². The molecular weight excluding hydrogens is 444 g/mol. The van der Waals surface area contributed by atoms with Crippen LogP contribution in [0, 0.1) is 17.0 Å². The number of non-ortho nitro benzene ring substituents is 1. The number of nitrogens with one attached hydrogen (secondary N) is 1. The number of hydrogen-bond donors (Lipinski definition) is 1. The second-order valence-corrected chi connectivity index (χ2v) is 8.52. The number of nitro benzene ring substituents is 1. The summed E-state index contributed by atoms with van der Waals surface area (Å²) in [6.07, 6.45) is 4.95. The molecule has 1 aromatic carbocycles. The second-order valence-electron chi connectivity index (χ2n) is 7.21. The van der Waals surface area contributed by atoms with Crippen LogP contribution in [0.5, 0.6) is 0 Å². The topological polar surface area (TPSA) is 129 Å². The summed E-state index contributed by atoms with van der Waals surface area (Å²) < 4.78 is 7.39. The van der Waals surface area contributed by atoms with E-state index in [4.69, 9.17) is 4.42 Å². The van der Waals surface area contributed by atoms with Gasteiger partial charge in [0, 0.05) is 35.8 Å². The first-order valence-electron chi connectivity index (χ1n) is 10.0. The maximum Gasteiger partial charge on any atom is 0.269 e. The van der Waals surface area contributed by atoms with Crippen LogP contribution in [0.3, 0.4) is 0 Å². The number of amides is 1. The van der Waals surface area contributed by atoms with Crippen molar-refractivity contribution < 1.29 is 14.1 Å². The lowest BCUT2D eigenvalue weighted by atomic mass is 10.2. The van der Waals surface area contributed by atoms with Crippen molar-refractivity contribution >= 4 is 29.0 Å². The first-order valence-corrected chi connectivity index (χ1v) is 10.9. The molecule has 10 nitrogen and oxygen atoms in total. The summed E-state index contributed by atoms with van der Waals surface area (Å²) in [5.74, 6) is 1.11. The van der Waals surface area contributed by atoms with Crippen molar-refractivity contribution in [1.82, 2.24) is 19.7 Å². The molecule has 168 valence electrons. The van der Waals surface area contributed by atoms with E-state index in [9.17, 15) is 14.9 Å². The zero-order valence-corrected chi connectivity index (χ0v) is 18.7. The van der Waals surface area contributed by atoms with Crippen molar-refractivity contribution in [3.63, 3.8) is 0 Å². The Bertz CT molecular complexity index is 1270. The van der Waals surface area contributed by atoms with Crippen LogP contribution in [-0.4, -0.2) is 35.8 Å². The fourth-order valence-electron chi connectivity index (χ4n) is 3.14. The molecule has 0 saturated carbocycles. The number of pyridine rings is 1. The van der Waals surface area contributed by atoms with Crippen LogP contribution < -0.4 is 5.32 Å². The maximum atomic E-state index is 12.8. The van der Waals surface area contributed by atoms with Crippen molar-refractivity contribution in [2.75, 3.05) is 5.32 Å². The van der Waals surface area contributed by atoms with Crippen LogP contribution >= 0.6 is 11.8 Å². The Morgan fingerprint density at radius 2 is 2.03 bits per heavy atom. The summed E-state index contributed by atoms with van der Waals surface area (Å²) in [5.41, 5.74) is 1.94. The molecule has 0 aliphatic carbocycles. The third kappa shape index (κ3) is 5.09. The highest BCUT2D eigenvalue weighted by atomic mass is 32.2. The van der Waals surface area contributed by atoms with Crippen LogP contribution in [0.2, 0.25) is 0 Å². The number of aryl methyl sites for hydroxylation is 1. The molecule has 0 fully saturated rings. The standard InChI is InChI=1S/C22H20N6O4S/c1-14-12-17(28(30)31)5-6-19(14)24-21(29)15(2)33-22-26-25-20(16-7-9-23-10-8-16)27(22)13-18-4-3-11-32-18/h3-12,15H,13H2,1-2H3,(H,24,29)/t15-/m1/s1. The second kappa shape index (κ2) is 9.65. The number of benzene rings is 1. The van der Waals surface area contributed by atoms with Crippen LogP contribution in [0.1, 0.15) is 18.2 Å². The Kier molecular flexibility index (Phi) is 6.50. The van der Waals surface area contributed by atoms with Crippen molar-refractivity contribution in [2.24, 2.45) is 0 Å². The highest BCUT2D eigenvalue weighted by Crippen LogP contribution is 2.29. The van der Waals surface area contributed by atoms with Gasteiger partial charge in [0.25, 0.3) is 5.69 Å². The fourth-order valence-corrected chi connectivity index (χ4v) is 3.99. The van der Waals surface area contributed by atoms with Gasteiger partial charge < -0.3 is 9.73 Å². The number of hydrogen-bond acceptors (Lipinski definition) is 8.